The van der Waals surface area contributed by atoms with Crippen LogP contribution in [0.5, 0.6) is 0 Å². The van der Waals surface area contributed by atoms with E-state index in [-0.39, 0.29) is 0 Å². The lowest BCUT2D eigenvalue weighted by molar-refractivity contribution is -0.139. The molecule has 0 bridgehead atoms. The van der Waals surface area contributed by atoms with Gasteiger partial charge in [0.05, 0.1) is 0 Å². The number of carboxylic acids is 1. The lowest BCUT2D eigenvalue weighted by Crippen LogP contribution is -2.35. The molecule has 0 aliphatic heterocycles. The van der Waals surface area contributed by atoms with Crippen molar-refractivity contribution in [1.29, 1.82) is 0 Å². The van der Waals surface area contributed by atoms with Gasteiger partial charge in [0.15, 0.2) is 0 Å². The number of rotatable bonds is 5. The molecule has 1 N–H and O–H groups in total. The number of hydrogen-bond donors (Lipinski definition) is 1. The van der Waals surface area contributed by atoms with Crippen molar-refractivity contribution in [3.05, 3.63) is 0 Å². The van der Waals surface area contributed by atoms with Crippen molar-refractivity contribution in [2.75, 3.05) is 0 Å². The van der Waals surface area contributed by atoms with Crippen molar-refractivity contribution in [3.63, 3.8) is 0 Å². The van der Waals surface area contributed by atoms with Crippen LogP contribution in [-0.4, -0.2) is 21.1 Å². The third-order valence-electron chi connectivity index (χ3n) is 3.23. The Labute approximate surface area is 103 Å². The lowest BCUT2D eigenvalue weighted by atomic mass is 9.98. The monoisotopic (exact) mass is 244 g/mol. The molecule has 1 rings (SSSR count). The molecule has 1 unspecified atom stereocenters. The molecule has 0 aromatic rings. The zero-order valence-corrected chi connectivity index (χ0v) is 11.5. The van der Waals surface area contributed by atoms with Crippen LogP contribution in [-0.2, 0) is 4.79 Å². The molecule has 1 atom stereocenters. The zero-order chi connectivity index (χ0) is 12.2. The second-order valence-electron chi connectivity index (χ2n) is 5.51. The Kier molecular flexibility index (Phi) is 5.16. The number of thioether (sulfide) groups is 1. The molecule has 1 fully saturated rings. The first-order chi connectivity index (χ1) is 7.44. The maximum Gasteiger partial charge on any atom is 0.319 e. The van der Waals surface area contributed by atoms with Gasteiger partial charge < -0.3 is 5.11 Å². The van der Waals surface area contributed by atoms with Crippen LogP contribution in [0.1, 0.15) is 59.3 Å². The average Bonchev–Trinajstić information content (AvgIpc) is 2.17. The molecule has 0 radical (unpaired) electrons. The molecule has 0 saturated heterocycles. The minimum absolute atomic E-state index is 0.442. The van der Waals surface area contributed by atoms with Gasteiger partial charge in [-0.15, -0.1) is 11.8 Å². The van der Waals surface area contributed by atoms with Gasteiger partial charge in [0.2, 0.25) is 0 Å². The Morgan fingerprint density at radius 2 is 1.94 bits per heavy atom. The summed E-state index contributed by atoms with van der Waals surface area (Å²) in [5.74, 6) is -0.200. The molecule has 0 heterocycles. The van der Waals surface area contributed by atoms with Crippen LogP contribution >= 0.6 is 11.8 Å². The fourth-order valence-electron chi connectivity index (χ4n) is 2.52. The van der Waals surface area contributed by atoms with E-state index in [9.17, 15) is 9.90 Å². The molecule has 94 valence electrons. The standard InChI is InChI=1S/C13H24O2S/c1-10(2)9-13(3,12(14)15)16-11-7-5-4-6-8-11/h10-11H,4-9H2,1-3H3,(H,14,15). The highest BCUT2D eigenvalue weighted by molar-refractivity contribution is 8.01. The largest absolute Gasteiger partial charge is 0.480 e. The molecule has 3 heteroatoms. The molecule has 0 aromatic heterocycles. The summed E-state index contributed by atoms with van der Waals surface area (Å²) >= 11 is 1.70. The van der Waals surface area contributed by atoms with E-state index >= 15 is 0 Å². The summed E-state index contributed by atoms with van der Waals surface area (Å²) in [6.45, 7) is 6.10. The van der Waals surface area contributed by atoms with Crippen molar-refractivity contribution in [2.24, 2.45) is 5.92 Å². The first-order valence-electron chi connectivity index (χ1n) is 6.35. The predicted molar refractivity (Wildman–Crippen MR) is 70.0 cm³/mol. The van der Waals surface area contributed by atoms with Crippen LogP contribution in [0.15, 0.2) is 0 Å². The van der Waals surface area contributed by atoms with Crippen molar-refractivity contribution in [1.82, 2.24) is 0 Å². The second kappa shape index (κ2) is 5.95. The predicted octanol–water partition coefficient (Wildman–Crippen LogP) is 3.94. The van der Waals surface area contributed by atoms with Crippen molar-refractivity contribution < 1.29 is 9.90 Å². The van der Waals surface area contributed by atoms with Crippen LogP contribution in [0.2, 0.25) is 0 Å². The molecule has 1 aliphatic rings. The minimum Gasteiger partial charge on any atom is -0.480 e. The first kappa shape index (κ1) is 13.9. The topological polar surface area (TPSA) is 37.3 Å². The van der Waals surface area contributed by atoms with Gasteiger partial charge in [0.1, 0.15) is 4.75 Å². The fourth-order valence-corrected chi connectivity index (χ4v) is 4.35. The van der Waals surface area contributed by atoms with Crippen LogP contribution in [0.4, 0.5) is 0 Å². The van der Waals surface area contributed by atoms with Crippen LogP contribution in [0.25, 0.3) is 0 Å². The van der Waals surface area contributed by atoms with Crippen LogP contribution in [0.3, 0.4) is 0 Å². The Balaban J connectivity index is 2.58. The van der Waals surface area contributed by atoms with Crippen LogP contribution in [0, 0.1) is 5.92 Å². The van der Waals surface area contributed by atoms with Crippen LogP contribution < -0.4 is 0 Å². The highest BCUT2D eigenvalue weighted by atomic mass is 32.2. The SMILES string of the molecule is CC(C)CC(C)(SC1CCCCC1)C(=O)O. The summed E-state index contributed by atoms with van der Waals surface area (Å²) in [6.07, 6.45) is 7.04. The zero-order valence-electron chi connectivity index (χ0n) is 10.7. The van der Waals surface area contributed by atoms with E-state index in [0.717, 1.165) is 6.42 Å². The highest BCUT2D eigenvalue weighted by Gasteiger charge is 2.37. The van der Waals surface area contributed by atoms with Gasteiger partial charge >= 0.3 is 5.97 Å². The second-order valence-corrected chi connectivity index (χ2v) is 7.32. The van der Waals surface area contributed by atoms with E-state index in [1.165, 1.54) is 32.1 Å². The molecule has 0 spiro atoms. The summed E-state index contributed by atoms with van der Waals surface area (Å²) < 4.78 is -0.587. The Morgan fingerprint density at radius 1 is 1.38 bits per heavy atom. The minimum atomic E-state index is -0.642. The van der Waals surface area contributed by atoms with Gasteiger partial charge in [-0.1, -0.05) is 33.1 Å². The van der Waals surface area contributed by atoms with E-state index in [4.69, 9.17) is 0 Å². The Morgan fingerprint density at radius 3 is 2.38 bits per heavy atom. The quantitative estimate of drug-likeness (QED) is 0.796. The summed E-state index contributed by atoms with van der Waals surface area (Å²) in [5, 5.41) is 9.95. The molecule has 0 aromatic carbocycles. The highest BCUT2D eigenvalue weighted by Crippen LogP contribution is 2.40. The van der Waals surface area contributed by atoms with Gasteiger partial charge in [0, 0.05) is 5.25 Å². The molecular formula is C13H24O2S. The summed E-state index contributed by atoms with van der Waals surface area (Å²) in [7, 11) is 0. The number of carbonyl (C=O) groups is 1. The first-order valence-corrected chi connectivity index (χ1v) is 7.23. The number of aliphatic carboxylic acids is 1. The van der Waals surface area contributed by atoms with E-state index in [0.29, 0.717) is 11.2 Å². The number of carboxylic acid groups (broad SMARTS) is 1. The van der Waals surface area contributed by atoms with E-state index in [1.54, 1.807) is 11.8 Å². The Hall–Kier alpha value is -0.180. The molecule has 1 aliphatic carbocycles. The molecule has 0 amide bonds. The molecular weight excluding hydrogens is 220 g/mol. The fraction of sp³-hybridized carbons (Fsp3) is 0.923. The summed E-state index contributed by atoms with van der Waals surface area (Å²) in [4.78, 5) is 11.4. The summed E-state index contributed by atoms with van der Waals surface area (Å²) in [5.41, 5.74) is 0. The average molecular weight is 244 g/mol. The summed E-state index contributed by atoms with van der Waals surface area (Å²) in [6, 6.07) is 0. The van der Waals surface area contributed by atoms with E-state index < -0.39 is 10.7 Å². The van der Waals surface area contributed by atoms with Gasteiger partial charge in [-0.05, 0) is 32.1 Å². The van der Waals surface area contributed by atoms with Crippen molar-refractivity contribution in [2.45, 2.75) is 69.3 Å². The van der Waals surface area contributed by atoms with Gasteiger partial charge in [-0.2, -0.15) is 0 Å². The smallest absolute Gasteiger partial charge is 0.319 e. The Bertz CT molecular complexity index is 234. The van der Waals surface area contributed by atoms with E-state index in [2.05, 4.69) is 13.8 Å². The maximum atomic E-state index is 11.4. The van der Waals surface area contributed by atoms with Crippen molar-refractivity contribution in [3.8, 4) is 0 Å². The molecule has 2 nitrogen and oxygen atoms in total. The third kappa shape index (κ3) is 4.00. The normalized spacial score (nSPS) is 22.0. The van der Waals surface area contributed by atoms with E-state index in [1.807, 2.05) is 6.92 Å². The van der Waals surface area contributed by atoms with Gasteiger partial charge in [-0.3, -0.25) is 4.79 Å². The lowest BCUT2D eigenvalue weighted by Gasteiger charge is -2.32. The third-order valence-corrected chi connectivity index (χ3v) is 4.90. The van der Waals surface area contributed by atoms with Gasteiger partial charge in [0.25, 0.3) is 0 Å². The molecule has 1 saturated carbocycles. The number of hydrogen-bond acceptors (Lipinski definition) is 2. The van der Waals surface area contributed by atoms with Crippen molar-refractivity contribution >= 4 is 17.7 Å². The maximum absolute atomic E-state index is 11.4. The molecule has 16 heavy (non-hydrogen) atoms. The van der Waals surface area contributed by atoms with Gasteiger partial charge in [-0.25, -0.2) is 0 Å².